The number of carbonyl (C=O) groups is 1. The van der Waals surface area contributed by atoms with Crippen LogP contribution in [0.2, 0.25) is 0 Å². The summed E-state index contributed by atoms with van der Waals surface area (Å²) in [5.41, 5.74) is 0.588. The summed E-state index contributed by atoms with van der Waals surface area (Å²) in [4.78, 5) is 13.5. The highest BCUT2D eigenvalue weighted by Crippen LogP contribution is 2.11. The summed E-state index contributed by atoms with van der Waals surface area (Å²) < 4.78 is 25.9. The van der Waals surface area contributed by atoms with Crippen LogP contribution in [0.25, 0.3) is 0 Å². The molecule has 0 unspecified atom stereocenters. The third-order valence-corrected chi connectivity index (χ3v) is 2.79. The summed E-state index contributed by atoms with van der Waals surface area (Å²) in [7, 11) is 0. The third kappa shape index (κ3) is 4.95. The second-order valence-electron chi connectivity index (χ2n) is 4.33. The van der Waals surface area contributed by atoms with E-state index in [1.807, 2.05) is 13.8 Å². The van der Waals surface area contributed by atoms with E-state index < -0.39 is 11.6 Å². The lowest BCUT2D eigenvalue weighted by molar-refractivity contribution is -0.130. The molecule has 1 rings (SSSR count). The fourth-order valence-electron chi connectivity index (χ4n) is 1.72. The van der Waals surface area contributed by atoms with Crippen molar-refractivity contribution in [2.75, 3.05) is 19.6 Å². The highest BCUT2D eigenvalue weighted by molar-refractivity contribution is 5.78. The van der Waals surface area contributed by atoms with Crippen LogP contribution in [0, 0.1) is 11.6 Å². The van der Waals surface area contributed by atoms with Gasteiger partial charge < -0.3 is 10.2 Å². The van der Waals surface area contributed by atoms with Crippen LogP contribution in [0.1, 0.15) is 25.8 Å². The summed E-state index contributed by atoms with van der Waals surface area (Å²) in [6.07, 6.45) is 0.961. The van der Waals surface area contributed by atoms with E-state index in [2.05, 4.69) is 5.32 Å². The molecule has 0 aliphatic carbocycles. The van der Waals surface area contributed by atoms with Gasteiger partial charge in [-0.15, -0.1) is 0 Å². The Labute approximate surface area is 112 Å². The zero-order valence-corrected chi connectivity index (χ0v) is 11.4. The van der Waals surface area contributed by atoms with Crippen LogP contribution >= 0.6 is 0 Å². The Kier molecular flexibility index (Phi) is 6.42. The molecule has 0 atom stereocenters. The maximum atomic E-state index is 13.1. The minimum absolute atomic E-state index is 0.0410. The van der Waals surface area contributed by atoms with Gasteiger partial charge in [0.25, 0.3) is 0 Å². The van der Waals surface area contributed by atoms with E-state index in [-0.39, 0.29) is 12.5 Å². The molecular formula is C14H20F2N2O. The van der Waals surface area contributed by atoms with Crippen molar-refractivity contribution < 1.29 is 13.6 Å². The molecule has 19 heavy (non-hydrogen) atoms. The summed E-state index contributed by atoms with van der Waals surface area (Å²) >= 11 is 0. The highest BCUT2D eigenvalue weighted by atomic mass is 19.2. The molecule has 1 amide bonds. The zero-order valence-electron chi connectivity index (χ0n) is 11.4. The van der Waals surface area contributed by atoms with Crippen molar-refractivity contribution in [1.29, 1.82) is 0 Å². The van der Waals surface area contributed by atoms with E-state index in [1.54, 1.807) is 4.90 Å². The van der Waals surface area contributed by atoms with Gasteiger partial charge in [0.2, 0.25) is 5.91 Å². The minimum atomic E-state index is -0.884. The molecule has 0 heterocycles. The molecule has 5 heteroatoms. The van der Waals surface area contributed by atoms with Crippen LogP contribution < -0.4 is 5.32 Å². The van der Waals surface area contributed by atoms with Crippen LogP contribution in [0.15, 0.2) is 18.2 Å². The van der Waals surface area contributed by atoms with Crippen molar-refractivity contribution in [3.63, 3.8) is 0 Å². The van der Waals surface area contributed by atoms with Crippen LogP contribution in [-0.2, 0) is 11.3 Å². The Morgan fingerprint density at radius 2 is 2.00 bits per heavy atom. The van der Waals surface area contributed by atoms with Crippen molar-refractivity contribution >= 4 is 5.91 Å². The fourth-order valence-corrected chi connectivity index (χ4v) is 1.72. The minimum Gasteiger partial charge on any atom is -0.338 e. The van der Waals surface area contributed by atoms with Gasteiger partial charge in [-0.2, -0.15) is 0 Å². The van der Waals surface area contributed by atoms with Crippen molar-refractivity contribution in [2.45, 2.75) is 26.8 Å². The number of halogens is 2. The number of nitrogens with zero attached hydrogens (tertiary/aromatic N) is 1. The van der Waals surface area contributed by atoms with E-state index in [0.717, 1.165) is 25.1 Å². The summed E-state index contributed by atoms with van der Waals surface area (Å²) in [6.45, 7) is 5.76. The molecule has 0 saturated heterocycles. The standard InChI is InChI=1S/C14H20F2N2O/c1-3-7-17-9-14(19)18(4-2)10-11-5-6-12(15)13(16)8-11/h5-6,8,17H,3-4,7,9-10H2,1-2H3. The van der Waals surface area contributed by atoms with Crippen LogP contribution in [0.5, 0.6) is 0 Å². The van der Waals surface area contributed by atoms with Gasteiger partial charge in [-0.25, -0.2) is 8.78 Å². The largest absolute Gasteiger partial charge is 0.338 e. The predicted molar refractivity (Wildman–Crippen MR) is 70.6 cm³/mol. The molecule has 1 aromatic rings. The molecule has 0 spiro atoms. The van der Waals surface area contributed by atoms with Gasteiger partial charge in [-0.1, -0.05) is 13.0 Å². The Morgan fingerprint density at radius 3 is 2.58 bits per heavy atom. The SMILES string of the molecule is CCCNCC(=O)N(CC)Cc1ccc(F)c(F)c1. The number of likely N-dealkylation sites (N-methyl/N-ethyl adjacent to an activating group) is 1. The second kappa shape index (κ2) is 7.84. The molecule has 0 fully saturated rings. The maximum Gasteiger partial charge on any atom is 0.236 e. The normalized spacial score (nSPS) is 10.5. The lowest BCUT2D eigenvalue weighted by Gasteiger charge is -2.21. The third-order valence-electron chi connectivity index (χ3n) is 2.79. The summed E-state index contributed by atoms with van der Waals surface area (Å²) in [5, 5.41) is 3.03. The van der Waals surface area contributed by atoms with Gasteiger partial charge >= 0.3 is 0 Å². The molecule has 0 aliphatic rings. The average molecular weight is 270 g/mol. The van der Waals surface area contributed by atoms with E-state index in [0.29, 0.717) is 18.7 Å². The molecule has 1 N–H and O–H groups in total. The zero-order chi connectivity index (χ0) is 14.3. The van der Waals surface area contributed by atoms with Gasteiger partial charge in [0.1, 0.15) is 0 Å². The lowest BCUT2D eigenvalue weighted by Crippen LogP contribution is -2.37. The smallest absolute Gasteiger partial charge is 0.236 e. The topological polar surface area (TPSA) is 32.3 Å². The monoisotopic (exact) mass is 270 g/mol. The number of carbonyl (C=O) groups excluding carboxylic acids is 1. The number of benzene rings is 1. The van der Waals surface area contributed by atoms with E-state index in [9.17, 15) is 13.6 Å². The first kappa shape index (κ1) is 15.6. The molecule has 0 radical (unpaired) electrons. The summed E-state index contributed by atoms with van der Waals surface area (Å²) in [5.74, 6) is -1.80. The first-order valence-corrected chi connectivity index (χ1v) is 6.50. The highest BCUT2D eigenvalue weighted by Gasteiger charge is 2.12. The molecule has 0 bridgehead atoms. The van der Waals surface area contributed by atoms with Gasteiger partial charge in [0, 0.05) is 13.1 Å². The number of amides is 1. The second-order valence-corrected chi connectivity index (χ2v) is 4.33. The van der Waals surface area contributed by atoms with Gasteiger partial charge in [0.15, 0.2) is 11.6 Å². The Hall–Kier alpha value is -1.49. The van der Waals surface area contributed by atoms with Crippen molar-refractivity contribution in [2.24, 2.45) is 0 Å². The van der Waals surface area contributed by atoms with Crippen LogP contribution in [-0.4, -0.2) is 30.4 Å². The van der Waals surface area contributed by atoms with Crippen molar-refractivity contribution in [1.82, 2.24) is 10.2 Å². The predicted octanol–water partition coefficient (Wildman–Crippen LogP) is 2.31. The molecule has 106 valence electrons. The molecule has 0 aliphatic heterocycles. The van der Waals surface area contributed by atoms with Gasteiger partial charge in [0.05, 0.1) is 6.54 Å². The average Bonchev–Trinajstić information content (AvgIpc) is 2.40. The van der Waals surface area contributed by atoms with Gasteiger partial charge in [-0.3, -0.25) is 4.79 Å². The van der Waals surface area contributed by atoms with Crippen molar-refractivity contribution in [3.05, 3.63) is 35.4 Å². The molecule has 0 saturated carbocycles. The fraction of sp³-hybridized carbons (Fsp3) is 0.500. The molecule has 3 nitrogen and oxygen atoms in total. The number of hydrogen-bond donors (Lipinski definition) is 1. The first-order chi connectivity index (χ1) is 9.08. The molecule has 0 aromatic heterocycles. The lowest BCUT2D eigenvalue weighted by atomic mass is 10.2. The van der Waals surface area contributed by atoms with Gasteiger partial charge in [-0.05, 0) is 37.6 Å². The Morgan fingerprint density at radius 1 is 1.26 bits per heavy atom. The molecular weight excluding hydrogens is 250 g/mol. The van der Waals surface area contributed by atoms with E-state index in [4.69, 9.17) is 0 Å². The Bertz CT molecular complexity index is 424. The Balaban J connectivity index is 2.60. The van der Waals surface area contributed by atoms with Crippen LogP contribution in [0.4, 0.5) is 8.78 Å². The quantitative estimate of drug-likeness (QED) is 0.771. The first-order valence-electron chi connectivity index (χ1n) is 6.50. The maximum absolute atomic E-state index is 13.1. The van der Waals surface area contributed by atoms with E-state index >= 15 is 0 Å². The number of nitrogens with one attached hydrogen (secondary N) is 1. The van der Waals surface area contributed by atoms with E-state index in [1.165, 1.54) is 6.07 Å². The van der Waals surface area contributed by atoms with Crippen LogP contribution in [0.3, 0.4) is 0 Å². The van der Waals surface area contributed by atoms with Crippen molar-refractivity contribution in [3.8, 4) is 0 Å². The number of hydrogen-bond acceptors (Lipinski definition) is 2. The molecule has 1 aromatic carbocycles. The number of rotatable bonds is 7. The summed E-state index contributed by atoms with van der Waals surface area (Å²) in [6, 6.07) is 3.71.